The fraction of sp³-hybridized carbons (Fsp3) is 0.625. The lowest BCUT2D eigenvalue weighted by atomic mass is 9.98. The van der Waals surface area contributed by atoms with E-state index < -0.39 is 0 Å². The third kappa shape index (κ3) is 4.99. The lowest BCUT2D eigenvalue weighted by Gasteiger charge is -2.22. The summed E-state index contributed by atoms with van der Waals surface area (Å²) in [6.07, 6.45) is 4.12. The van der Waals surface area contributed by atoms with Crippen LogP contribution in [0, 0.1) is 0 Å². The zero-order chi connectivity index (χ0) is 17.2. The van der Waals surface area contributed by atoms with Gasteiger partial charge in [-0.1, -0.05) is 32.1 Å². The summed E-state index contributed by atoms with van der Waals surface area (Å²) in [5, 5.41) is 20.8. The SMILES string of the molecule is CC(C)(C)c1nnc(CNC(=O)c2ccn(C3CCCNC3)n2)s1.Cl. The Morgan fingerprint density at radius 3 is 2.88 bits per heavy atom. The smallest absolute Gasteiger partial charge is 0.272 e. The van der Waals surface area contributed by atoms with E-state index in [1.165, 1.54) is 11.3 Å². The van der Waals surface area contributed by atoms with Gasteiger partial charge in [0.2, 0.25) is 0 Å². The molecule has 1 unspecified atom stereocenters. The maximum Gasteiger partial charge on any atom is 0.272 e. The molecule has 0 aliphatic carbocycles. The average Bonchev–Trinajstić information content (AvgIpc) is 3.22. The molecule has 0 bridgehead atoms. The summed E-state index contributed by atoms with van der Waals surface area (Å²) in [6, 6.07) is 2.10. The molecule has 2 aromatic rings. The van der Waals surface area contributed by atoms with Gasteiger partial charge in [-0.15, -0.1) is 22.6 Å². The van der Waals surface area contributed by atoms with Crippen LogP contribution >= 0.6 is 23.7 Å². The highest BCUT2D eigenvalue weighted by Crippen LogP contribution is 2.25. The summed E-state index contributed by atoms with van der Waals surface area (Å²) in [4.78, 5) is 12.3. The number of piperidine rings is 1. The highest BCUT2D eigenvalue weighted by atomic mass is 35.5. The number of carbonyl (C=O) groups is 1. The Kier molecular flexibility index (Phi) is 6.53. The molecule has 0 saturated carbocycles. The van der Waals surface area contributed by atoms with Gasteiger partial charge in [-0.3, -0.25) is 9.48 Å². The first-order valence-corrected chi connectivity index (χ1v) is 9.12. The molecule has 1 amide bonds. The molecule has 1 aliphatic heterocycles. The van der Waals surface area contributed by atoms with Crippen LogP contribution in [0.4, 0.5) is 0 Å². The number of hydrogen-bond donors (Lipinski definition) is 2. The summed E-state index contributed by atoms with van der Waals surface area (Å²) in [6.45, 7) is 8.64. The summed E-state index contributed by atoms with van der Waals surface area (Å²) < 4.78 is 1.89. The first kappa shape index (κ1) is 19.8. The third-order valence-corrected chi connectivity index (χ3v) is 5.34. The monoisotopic (exact) mass is 384 g/mol. The molecule has 7 nitrogen and oxygen atoms in total. The topological polar surface area (TPSA) is 84.7 Å². The van der Waals surface area contributed by atoms with Crippen molar-refractivity contribution in [3.63, 3.8) is 0 Å². The van der Waals surface area contributed by atoms with Gasteiger partial charge in [-0.25, -0.2) is 0 Å². The second-order valence-electron chi connectivity index (χ2n) is 7.11. The molecular weight excluding hydrogens is 360 g/mol. The van der Waals surface area contributed by atoms with E-state index >= 15 is 0 Å². The number of hydrogen-bond acceptors (Lipinski definition) is 6. The first-order valence-electron chi connectivity index (χ1n) is 8.30. The fourth-order valence-corrected chi connectivity index (χ4v) is 3.43. The standard InChI is InChI=1S/C16H24N6OS.ClH/c1-16(2,3)15-20-19-13(24-15)10-18-14(23)12-6-8-22(21-12)11-5-4-7-17-9-11;/h6,8,11,17H,4-5,7,9-10H2,1-3H3,(H,18,23);1H. The molecule has 0 aromatic carbocycles. The van der Waals surface area contributed by atoms with Crippen LogP contribution in [-0.2, 0) is 12.0 Å². The average molecular weight is 385 g/mol. The normalized spacial score (nSPS) is 17.8. The molecule has 1 aliphatic rings. The van der Waals surface area contributed by atoms with Crippen LogP contribution in [0.5, 0.6) is 0 Å². The van der Waals surface area contributed by atoms with Crippen molar-refractivity contribution in [3.8, 4) is 0 Å². The predicted octanol–water partition coefficient (Wildman–Crippen LogP) is 2.31. The molecule has 3 rings (SSSR count). The van der Waals surface area contributed by atoms with Gasteiger partial charge in [-0.2, -0.15) is 5.10 Å². The summed E-state index contributed by atoms with van der Waals surface area (Å²) in [5.41, 5.74) is 0.424. The number of amides is 1. The molecule has 1 fully saturated rings. The van der Waals surface area contributed by atoms with Gasteiger partial charge in [0, 0.05) is 18.2 Å². The van der Waals surface area contributed by atoms with E-state index in [1.54, 1.807) is 6.07 Å². The van der Waals surface area contributed by atoms with Crippen molar-refractivity contribution in [2.75, 3.05) is 13.1 Å². The lowest BCUT2D eigenvalue weighted by Crippen LogP contribution is -2.32. The molecule has 0 spiro atoms. The van der Waals surface area contributed by atoms with Crippen molar-refractivity contribution < 1.29 is 4.79 Å². The van der Waals surface area contributed by atoms with Crippen LogP contribution in [0.25, 0.3) is 0 Å². The van der Waals surface area contributed by atoms with Crippen molar-refractivity contribution in [2.24, 2.45) is 0 Å². The van der Waals surface area contributed by atoms with E-state index in [-0.39, 0.29) is 23.7 Å². The molecular formula is C16H25ClN6OS. The molecule has 138 valence electrons. The molecule has 1 saturated heterocycles. The molecule has 2 N–H and O–H groups in total. The minimum Gasteiger partial charge on any atom is -0.344 e. The van der Waals surface area contributed by atoms with E-state index in [0.717, 1.165) is 35.9 Å². The second kappa shape index (κ2) is 8.25. The van der Waals surface area contributed by atoms with E-state index in [4.69, 9.17) is 0 Å². The maximum absolute atomic E-state index is 12.3. The Morgan fingerprint density at radius 1 is 1.44 bits per heavy atom. The van der Waals surface area contributed by atoms with Gasteiger partial charge in [0.05, 0.1) is 12.6 Å². The highest BCUT2D eigenvalue weighted by Gasteiger charge is 2.20. The fourth-order valence-electron chi connectivity index (χ4n) is 2.60. The lowest BCUT2D eigenvalue weighted by molar-refractivity contribution is 0.0944. The number of carbonyl (C=O) groups excluding carboxylic acids is 1. The Labute approximate surface area is 158 Å². The Hall–Kier alpha value is -1.51. The largest absolute Gasteiger partial charge is 0.344 e. The Balaban J connectivity index is 0.00000225. The second-order valence-corrected chi connectivity index (χ2v) is 8.18. The number of nitrogens with one attached hydrogen (secondary N) is 2. The summed E-state index contributed by atoms with van der Waals surface area (Å²) >= 11 is 1.53. The maximum atomic E-state index is 12.3. The van der Waals surface area contributed by atoms with Crippen LogP contribution in [0.3, 0.4) is 0 Å². The molecule has 9 heteroatoms. The van der Waals surface area contributed by atoms with Gasteiger partial charge in [0.1, 0.15) is 15.7 Å². The van der Waals surface area contributed by atoms with E-state index in [1.807, 2.05) is 10.9 Å². The molecule has 2 aromatic heterocycles. The van der Waals surface area contributed by atoms with E-state index in [0.29, 0.717) is 18.3 Å². The molecule has 25 heavy (non-hydrogen) atoms. The van der Waals surface area contributed by atoms with E-state index in [9.17, 15) is 4.79 Å². The number of halogens is 1. The predicted molar refractivity (Wildman–Crippen MR) is 100 cm³/mol. The van der Waals surface area contributed by atoms with Crippen molar-refractivity contribution in [2.45, 2.75) is 51.6 Å². The van der Waals surface area contributed by atoms with Gasteiger partial charge < -0.3 is 10.6 Å². The van der Waals surface area contributed by atoms with Crippen LogP contribution in [0.2, 0.25) is 0 Å². The van der Waals surface area contributed by atoms with Gasteiger partial charge >= 0.3 is 0 Å². The minimum absolute atomic E-state index is 0. The zero-order valence-electron chi connectivity index (χ0n) is 14.8. The number of rotatable bonds is 4. The number of nitrogens with zero attached hydrogens (tertiary/aromatic N) is 4. The Morgan fingerprint density at radius 2 is 2.24 bits per heavy atom. The molecule has 0 radical (unpaired) electrons. The van der Waals surface area contributed by atoms with Crippen LogP contribution < -0.4 is 10.6 Å². The quantitative estimate of drug-likeness (QED) is 0.844. The van der Waals surface area contributed by atoms with Gasteiger partial charge in [-0.05, 0) is 25.5 Å². The van der Waals surface area contributed by atoms with Gasteiger partial charge in [0.15, 0.2) is 0 Å². The molecule has 1 atom stereocenters. The summed E-state index contributed by atoms with van der Waals surface area (Å²) in [5.74, 6) is -0.176. The van der Waals surface area contributed by atoms with Crippen molar-refractivity contribution in [1.82, 2.24) is 30.6 Å². The van der Waals surface area contributed by atoms with E-state index in [2.05, 4.69) is 46.7 Å². The number of aromatic nitrogens is 4. The Bertz CT molecular complexity index is 702. The van der Waals surface area contributed by atoms with Crippen molar-refractivity contribution >= 4 is 29.7 Å². The third-order valence-electron chi connectivity index (χ3n) is 3.99. The first-order chi connectivity index (χ1) is 11.4. The minimum atomic E-state index is -0.176. The highest BCUT2D eigenvalue weighted by molar-refractivity contribution is 7.11. The van der Waals surface area contributed by atoms with Crippen molar-refractivity contribution in [3.05, 3.63) is 28.0 Å². The van der Waals surface area contributed by atoms with Crippen LogP contribution in [0.1, 0.15) is 60.2 Å². The summed E-state index contributed by atoms with van der Waals surface area (Å²) in [7, 11) is 0. The van der Waals surface area contributed by atoms with Crippen LogP contribution in [0.15, 0.2) is 12.3 Å². The van der Waals surface area contributed by atoms with Crippen molar-refractivity contribution in [1.29, 1.82) is 0 Å². The van der Waals surface area contributed by atoms with Crippen LogP contribution in [-0.4, -0.2) is 39.0 Å². The zero-order valence-corrected chi connectivity index (χ0v) is 16.4. The van der Waals surface area contributed by atoms with Gasteiger partial charge in [0.25, 0.3) is 5.91 Å². The molecule has 3 heterocycles.